The van der Waals surface area contributed by atoms with Crippen molar-refractivity contribution < 1.29 is 40.5 Å². The molecule has 0 aliphatic rings. The molecule has 0 aliphatic carbocycles. The minimum atomic E-state index is -2.83. The molecule has 0 aliphatic heterocycles. The number of ether oxygens (including phenoxy) is 1. The van der Waals surface area contributed by atoms with Crippen LogP contribution < -0.4 is 0 Å². The number of carbonyl (C=O) groups excluding carboxylic acids is 1. The first kappa shape index (κ1) is 28.6. The maximum absolute atomic E-state index is 15.7. The molecule has 0 fully saturated rings. The van der Waals surface area contributed by atoms with E-state index in [2.05, 4.69) is 0 Å². The fourth-order valence-electron chi connectivity index (χ4n) is 2.80. The van der Waals surface area contributed by atoms with Gasteiger partial charge in [-0.3, -0.25) is 4.79 Å². The van der Waals surface area contributed by atoms with Gasteiger partial charge in [-0.2, -0.15) is 4.39 Å². The van der Waals surface area contributed by atoms with Crippen molar-refractivity contribution in [3.63, 3.8) is 0 Å². The van der Waals surface area contributed by atoms with Crippen LogP contribution in [0.4, 0.5) is 4.39 Å². The number of halogens is 1. The van der Waals surface area contributed by atoms with Crippen LogP contribution in [0.2, 0.25) is 12.1 Å². The Balaban J connectivity index is 5.18. The van der Waals surface area contributed by atoms with Gasteiger partial charge in [0.1, 0.15) is 0 Å². The summed E-state index contributed by atoms with van der Waals surface area (Å²) in [7, 11) is 3.37. The van der Waals surface area contributed by atoms with Gasteiger partial charge in [-0.25, -0.2) is 0 Å². The van der Waals surface area contributed by atoms with Crippen molar-refractivity contribution in [2.24, 2.45) is 5.41 Å². The van der Waals surface area contributed by atoms with Crippen LogP contribution in [0.15, 0.2) is 0 Å². The van der Waals surface area contributed by atoms with Crippen LogP contribution >= 0.6 is 0 Å². The molecular formula is C18H39FO8Si2. The smallest absolute Gasteiger partial charge is 0.428 e. The maximum atomic E-state index is 15.7. The molecule has 0 saturated heterocycles. The Morgan fingerprint density at radius 1 is 0.724 bits per heavy atom. The van der Waals surface area contributed by atoms with Gasteiger partial charge in [0.05, 0.1) is 5.41 Å². The molecule has 0 aromatic carbocycles. The number of carbonyl (C=O) groups is 1. The fourth-order valence-corrected chi connectivity index (χ4v) is 6.24. The van der Waals surface area contributed by atoms with E-state index in [1.165, 1.54) is 42.7 Å². The van der Waals surface area contributed by atoms with E-state index < -0.39 is 34.8 Å². The van der Waals surface area contributed by atoms with Gasteiger partial charge in [0.15, 0.2) is 0 Å². The van der Waals surface area contributed by atoms with E-state index >= 15 is 4.39 Å². The average molecular weight is 459 g/mol. The summed E-state index contributed by atoms with van der Waals surface area (Å²) in [4.78, 5) is 12.3. The van der Waals surface area contributed by atoms with E-state index in [-0.39, 0.29) is 12.8 Å². The largest absolute Gasteiger partial charge is 0.500 e. The topological polar surface area (TPSA) is 81.7 Å². The van der Waals surface area contributed by atoms with Gasteiger partial charge in [-0.15, -0.1) is 0 Å². The SMILES string of the molecule is CO[Si](CCCC(F)(CCC[Si](OC)(OC)OC)OC(=O)C(C)(C)C)(OC)OC. The number of rotatable bonds is 15. The van der Waals surface area contributed by atoms with Gasteiger partial charge >= 0.3 is 23.6 Å². The van der Waals surface area contributed by atoms with Crippen LogP contribution in [-0.4, -0.2) is 72.1 Å². The highest BCUT2D eigenvalue weighted by molar-refractivity contribution is 6.60. The minimum absolute atomic E-state index is 0.00114. The van der Waals surface area contributed by atoms with Gasteiger partial charge in [0.2, 0.25) is 0 Å². The molecule has 174 valence electrons. The number of hydrogen-bond acceptors (Lipinski definition) is 8. The lowest BCUT2D eigenvalue weighted by molar-refractivity contribution is -0.195. The highest BCUT2D eigenvalue weighted by atomic mass is 28.4. The van der Waals surface area contributed by atoms with Crippen LogP contribution in [-0.2, 0) is 36.1 Å². The zero-order chi connectivity index (χ0) is 22.8. The molecule has 0 radical (unpaired) electrons. The molecule has 0 rings (SSSR count). The summed E-state index contributed by atoms with van der Waals surface area (Å²) in [5.74, 6) is -2.72. The van der Waals surface area contributed by atoms with Crippen molar-refractivity contribution in [3.05, 3.63) is 0 Å². The maximum Gasteiger partial charge on any atom is 0.500 e. The Labute approximate surface area is 177 Å². The van der Waals surface area contributed by atoms with Crippen LogP contribution in [0.25, 0.3) is 0 Å². The van der Waals surface area contributed by atoms with Gasteiger partial charge < -0.3 is 31.3 Å². The molecule has 11 heteroatoms. The quantitative estimate of drug-likeness (QED) is 0.272. The average Bonchev–Trinajstić information content (AvgIpc) is 2.68. The second kappa shape index (κ2) is 12.4. The predicted octanol–water partition coefficient (Wildman–Crippen LogP) is 3.56. The molecule has 0 atom stereocenters. The van der Waals surface area contributed by atoms with Crippen molar-refractivity contribution in [2.75, 3.05) is 42.7 Å². The summed E-state index contributed by atoms with van der Waals surface area (Å²) < 4.78 is 53.3. The standard InChI is InChI=1S/C18H39FO8Si2/c1-17(2,3)16(20)27-18(19,12-10-14-28(21-4,22-5)23-6)13-11-15-29(24-7,25-8)26-9/h10-15H2,1-9H3. The summed E-state index contributed by atoms with van der Waals surface area (Å²) in [6.45, 7) is 5.06. The Morgan fingerprint density at radius 2 is 1.03 bits per heavy atom. The third kappa shape index (κ3) is 9.09. The second-order valence-corrected chi connectivity index (χ2v) is 14.0. The van der Waals surface area contributed by atoms with E-state index in [0.717, 1.165) is 0 Å². The third-order valence-electron chi connectivity index (χ3n) is 4.82. The van der Waals surface area contributed by atoms with E-state index in [1.54, 1.807) is 20.8 Å². The summed E-state index contributed by atoms with van der Waals surface area (Å²) in [6, 6.07) is 0.810. The van der Waals surface area contributed by atoms with Gasteiger partial charge in [-0.05, 0) is 33.6 Å². The Morgan fingerprint density at radius 3 is 1.28 bits per heavy atom. The van der Waals surface area contributed by atoms with Crippen molar-refractivity contribution >= 4 is 23.6 Å². The molecule has 29 heavy (non-hydrogen) atoms. The molecule has 0 aromatic heterocycles. The molecule has 0 N–H and O–H groups in total. The zero-order valence-corrected chi connectivity index (χ0v) is 21.4. The van der Waals surface area contributed by atoms with Gasteiger partial charge in [-0.1, -0.05) is 0 Å². The monoisotopic (exact) mass is 458 g/mol. The van der Waals surface area contributed by atoms with E-state index in [9.17, 15) is 4.79 Å². The minimum Gasteiger partial charge on any atom is -0.428 e. The zero-order valence-electron chi connectivity index (χ0n) is 19.4. The molecule has 8 nitrogen and oxygen atoms in total. The van der Waals surface area contributed by atoms with E-state index in [4.69, 9.17) is 31.3 Å². The highest BCUT2D eigenvalue weighted by Crippen LogP contribution is 2.33. The van der Waals surface area contributed by atoms with Crippen molar-refractivity contribution in [3.8, 4) is 0 Å². The first-order chi connectivity index (χ1) is 13.4. The lowest BCUT2D eigenvalue weighted by Crippen LogP contribution is -2.44. The highest BCUT2D eigenvalue weighted by Gasteiger charge is 2.43. The summed E-state index contributed by atoms with van der Waals surface area (Å²) in [5, 5.41) is 0. The summed E-state index contributed by atoms with van der Waals surface area (Å²) >= 11 is 0. The molecule has 0 spiro atoms. The molecule has 0 unspecified atom stereocenters. The Bertz CT molecular complexity index is 436. The van der Waals surface area contributed by atoms with Crippen molar-refractivity contribution in [1.29, 1.82) is 0 Å². The lowest BCUT2D eigenvalue weighted by Gasteiger charge is -2.31. The molecule has 0 saturated carbocycles. The molecular weight excluding hydrogens is 419 g/mol. The molecule has 0 bridgehead atoms. The van der Waals surface area contributed by atoms with Crippen LogP contribution in [0, 0.1) is 5.41 Å². The van der Waals surface area contributed by atoms with Crippen molar-refractivity contribution in [2.45, 2.75) is 64.4 Å². The Hall–Kier alpha value is -0.406. The normalized spacial score (nSPS) is 13.6. The predicted molar refractivity (Wildman–Crippen MR) is 111 cm³/mol. The molecule has 0 aromatic rings. The number of alkyl halides is 1. The van der Waals surface area contributed by atoms with Crippen LogP contribution in [0.5, 0.6) is 0 Å². The fraction of sp³-hybridized carbons (Fsp3) is 0.944. The van der Waals surface area contributed by atoms with Crippen LogP contribution in [0.1, 0.15) is 46.5 Å². The number of esters is 1. The van der Waals surface area contributed by atoms with Gasteiger partial charge in [0, 0.05) is 67.6 Å². The van der Waals surface area contributed by atoms with E-state index in [1.807, 2.05) is 0 Å². The lowest BCUT2D eigenvalue weighted by atomic mass is 9.97. The summed E-state index contributed by atoms with van der Waals surface area (Å²) in [6.07, 6.45) is 0.746. The molecule has 0 amide bonds. The first-order valence-corrected chi connectivity index (χ1v) is 13.5. The summed E-state index contributed by atoms with van der Waals surface area (Å²) in [5.41, 5.74) is -0.814. The Kier molecular flexibility index (Phi) is 12.3. The first-order valence-electron chi connectivity index (χ1n) is 9.64. The van der Waals surface area contributed by atoms with E-state index in [0.29, 0.717) is 24.9 Å². The third-order valence-corrected chi connectivity index (χ3v) is 10.5. The van der Waals surface area contributed by atoms with Gasteiger partial charge in [0.25, 0.3) is 5.85 Å². The van der Waals surface area contributed by atoms with Crippen LogP contribution in [0.3, 0.4) is 0 Å². The second-order valence-electron chi connectivity index (χ2n) is 7.82. The molecule has 0 heterocycles. The number of hydrogen-bond donors (Lipinski definition) is 0. The van der Waals surface area contributed by atoms with Crippen molar-refractivity contribution in [1.82, 2.24) is 0 Å².